The Bertz CT molecular complexity index is 1020. The summed E-state index contributed by atoms with van der Waals surface area (Å²) in [5.41, 5.74) is 3.66. The fourth-order valence-corrected chi connectivity index (χ4v) is 4.19. The van der Waals surface area contributed by atoms with Crippen LogP contribution >= 0.6 is 11.6 Å². The van der Waals surface area contributed by atoms with E-state index in [0.717, 1.165) is 48.1 Å². The topological polar surface area (TPSA) is 37.6 Å². The third-order valence-corrected chi connectivity index (χ3v) is 5.69. The standard InChI is InChI=1S/C23H24ClN3O/c1-2-19-10-3-5-14-26(19)22(28)13-12-20-21-11-4-6-15-27(21)25-23(20)17-8-7-9-18(24)16-17/h4,6-9,11-13,15-16,19H,2-3,5,10,14H2,1H3/b13-12+. The molecular weight excluding hydrogens is 370 g/mol. The molecule has 4 rings (SSSR count). The van der Waals surface area contributed by atoms with Gasteiger partial charge in [0, 0.05) is 41.0 Å². The summed E-state index contributed by atoms with van der Waals surface area (Å²) in [5, 5.41) is 5.39. The lowest BCUT2D eigenvalue weighted by Gasteiger charge is -2.34. The summed E-state index contributed by atoms with van der Waals surface area (Å²) in [6, 6.07) is 13.9. The van der Waals surface area contributed by atoms with Crippen LogP contribution in [0.15, 0.2) is 54.7 Å². The molecule has 3 heterocycles. The Balaban J connectivity index is 1.72. The van der Waals surface area contributed by atoms with E-state index >= 15 is 0 Å². The summed E-state index contributed by atoms with van der Waals surface area (Å²) in [6.45, 7) is 3.00. The van der Waals surface area contributed by atoms with Gasteiger partial charge in [0.15, 0.2) is 0 Å². The van der Waals surface area contributed by atoms with Gasteiger partial charge >= 0.3 is 0 Å². The zero-order valence-electron chi connectivity index (χ0n) is 16.0. The van der Waals surface area contributed by atoms with Crippen molar-refractivity contribution < 1.29 is 4.79 Å². The van der Waals surface area contributed by atoms with Crippen LogP contribution in [-0.2, 0) is 4.79 Å². The molecule has 5 heteroatoms. The first kappa shape index (κ1) is 18.8. The largest absolute Gasteiger partial charge is 0.336 e. The zero-order chi connectivity index (χ0) is 19.5. The van der Waals surface area contributed by atoms with Crippen LogP contribution in [0.4, 0.5) is 0 Å². The van der Waals surface area contributed by atoms with Crippen LogP contribution in [-0.4, -0.2) is 33.0 Å². The molecule has 28 heavy (non-hydrogen) atoms. The highest BCUT2D eigenvalue weighted by molar-refractivity contribution is 6.30. The van der Waals surface area contributed by atoms with Crippen LogP contribution in [0.5, 0.6) is 0 Å². The molecule has 1 aliphatic rings. The lowest BCUT2D eigenvalue weighted by molar-refractivity contribution is -0.129. The van der Waals surface area contributed by atoms with Gasteiger partial charge < -0.3 is 4.90 Å². The molecule has 1 atom stereocenters. The van der Waals surface area contributed by atoms with Crippen molar-refractivity contribution in [3.05, 3.63) is 65.3 Å². The van der Waals surface area contributed by atoms with Crippen LogP contribution < -0.4 is 0 Å². The van der Waals surface area contributed by atoms with Crippen molar-refractivity contribution in [2.75, 3.05) is 6.54 Å². The molecule has 1 amide bonds. The molecule has 4 nitrogen and oxygen atoms in total. The summed E-state index contributed by atoms with van der Waals surface area (Å²) in [4.78, 5) is 14.9. The van der Waals surface area contributed by atoms with Crippen LogP contribution in [0.1, 0.15) is 38.2 Å². The second-order valence-electron chi connectivity index (χ2n) is 7.23. The molecular formula is C23H24ClN3O. The van der Waals surface area contributed by atoms with Gasteiger partial charge in [0.2, 0.25) is 5.91 Å². The van der Waals surface area contributed by atoms with E-state index < -0.39 is 0 Å². The monoisotopic (exact) mass is 393 g/mol. The van der Waals surface area contributed by atoms with E-state index in [4.69, 9.17) is 16.7 Å². The number of halogens is 1. The van der Waals surface area contributed by atoms with Gasteiger partial charge in [-0.3, -0.25) is 4.79 Å². The van der Waals surface area contributed by atoms with E-state index in [2.05, 4.69) is 6.92 Å². The normalized spacial score (nSPS) is 17.5. The Morgan fingerprint density at radius 2 is 2.14 bits per heavy atom. The average Bonchev–Trinajstić information content (AvgIpc) is 3.10. The van der Waals surface area contributed by atoms with Crippen molar-refractivity contribution in [1.82, 2.24) is 14.5 Å². The van der Waals surface area contributed by atoms with Crippen LogP contribution in [0.2, 0.25) is 5.02 Å². The van der Waals surface area contributed by atoms with Crippen molar-refractivity contribution in [3.63, 3.8) is 0 Å². The van der Waals surface area contributed by atoms with Gasteiger partial charge in [0.05, 0.1) is 5.52 Å². The number of hydrogen-bond donors (Lipinski definition) is 0. The number of piperidine rings is 1. The number of pyridine rings is 1. The second kappa shape index (κ2) is 8.19. The van der Waals surface area contributed by atoms with Gasteiger partial charge in [-0.25, -0.2) is 4.52 Å². The summed E-state index contributed by atoms with van der Waals surface area (Å²) >= 11 is 6.19. The molecule has 0 spiro atoms. The Hall–Kier alpha value is -2.59. The van der Waals surface area contributed by atoms with Gasteiger partial charge in [-0.05, 0) is 56.0 Å². The molecule has 1 fully saturated rings. The maximum atomic E-state index is 12.9. The summed E-state index contributed by atoms with van der Waals surface area (Å²) < 4.78 is 1.84. The molecule has 1 aromatic carbocycles. The fourth-order valence-electron chi connectivity index (χ4n) is 4.00. The van der Waals surface area contributed by atoms with Crippen molar-refractivity contribution in [2.24, 2.45) is 0 Å². The predicted molar refractivity (Wildman–Crippen MR) is 114 cm³/mol. The van der Waals surface area contributed by atoms with Crippen LogP contribution in [0.25, 0.3) is 22.9 Å². The fraction of sp³-hybridized carbons (Fsp3) is 0.304. The SMILES string of the molecule is CCC1CCCCN1C(=O)/C=C/c1c(-c2cccc(Cl)c2)nn2ccccc12. The second-order valence-corrected chi connectivity index (χ2v) is 7.66. The lowest BCUT2D eigenvalue weighted by Crippen LogP contribution is -2.42. The van der Waals surface area contributed by atoms with Crippen molar-refractivity contribution in [2.45, 2.75) is 38.6 Å². The smallest absolute Gasteiger partial charge is 0.246 e. The quantitative estimate of drug-likeness (QED) is 0.552. The number of fused-ring (bicyclic) bond motifs is 1. The minimum Gasteiger partial charge on any atom is -0.336 e. The molecule has 2 aromatic heterocycles. The lowest BCUT2D eigenvalue weighted by atomic mass is 10.00. The van der Waals surface area contributed by atoms with E-state index in [-0.39, 0.29) is 5.91 Å². The molecule has 0 radical (unpaired) electrons. The number of benzene rings is 1. The summed E-state index contributed by atoms with van der Waals surface area (Å²) in [6.07, 6.45) is 9.92. The number of likely N-dealkylation sites (tertiary alicyclic amines) is 1. The molecule has 3 aromatic rings. The third-order valence-electron chi connectivity index (χ3n) is 5.45. The first-order chi connectivity index (χ1) is 13.7. The minimum absolute atomic E-state index is 0.0823. The molecule has 0 bridgehead atoms. The van der Waals surface area contributed by atoms with Gasteiger partial charge in [0.1, 0.15) is 5.69 Å². The number of hydrogen-bond acceptors (Lipinski definition) is 2. The van der Waals surface area contributed by atoms with E-state index in [9.17, 15) is 4.79 Å². The number of carbonyl (C=O) groups is 1. The highest BCUT2D eigenvalue weighted by Crippen LogP contribution is 2.29. The van der Waals surface area contributed by atoms with E-state index in [1.807, 2.05) is 64.2 Å². The van der Waals surface area contributed by atoms with Crippen LogP contribution in [0.3, 0.4) is 0 Å². The highest BCUT2D eigenvalue weighted by Gasteiger charge is 2.24. The van der Waals surface area contributed by atoms with Gasteiger partial charge in [0.25, 0.3) is 0 Å². The third kappa shape index (κ3) is 3.69. The maximum absolute atomic E-state index is 12.9. The number of rotatable bonds is 4. The number of amides is 1. The molecule has 0 N–H and O–H groups in total. The van der Waals surface area contributed by atoms with Crippen molar-refractivity contribution in [3.8, 4) is 11.3 Å². The molecule has 1 unspecified atom stereocenters. The number of carbonyl (C=O) groups excluding carboxylic acids is 1. The Morgan fingerprint density at radius 3 is 2.96 bits per heavy atom. The predicted octanol–water partition coefficient (Wildman–Crippen LogP) is 5.46. The van der Waals surface area contributed by atoms with Gasteiger partial charge in [-0.15, -0.1) is 0 Å². The molecule has 144 valence electrons. The highest BCUT2D eigenvalue weighted by atomic mass is 35.5. The molecule has 1 saturated heterocycles. The van der Waals surface area contributed by atoms with E-state index in [1.54, 1.807) is 6.08 Å². The Labute approximate surface area is 170 Å². The first-order valence-electron chi connectivity index (χ1n) is 9.89. The first-order valence-corrected chi connectivity index (χ1v) is 10.3. The number of aromatic nitrogens is 2. The zero-order valence-corrected chi connectivity index (χ0v) is 16.8. The van der Waals surface area contributed by atoms with Gasteiger partial charge in [-0.1, -0.05) is 36.7 Å². The van der Waals surface area contributed by atoms with Crippen LogP contribution in [0, 0.1) is 0 Å². The summed E-state index contributed by atoms with van der Waals surface area (Å²) in [5.74, 6) is 0.0823. The summed E-state index contributed by atoms with van der Waals surface area (Å²) in [7, 11) is 0. The van der Waals surface area contributed by atoms with E-state index in [0.29, 0.717) is 11.1 Å². The molecule has 1 aliphatic heterocycles. The van der Waals surface area contributed by atoms with Gasteiger partial charge in [-0.2, -0.15) is 5.10 Å². The Morgan fingerprint density at radius 1 is 1.25 bits per heavy atom. The molecule has 0 saturated carbocycles. The van der Waals surface area contributed by atoms with Crippen molar-refractivity contribution in [1.29, 1.82) is 0 Å². The Kier molecular flexibility index (Phi) is 5.49. The van der Waals surface area contributed by atoms with Crippen molar-refractivity contribution >= 4 is 29.1 Å². The van der Waals surface area contributed by atoms with E-state index in [1.165, 1.54) is 6.42 Å². The number of nitrogens with zero attached hydrogens (tertiary/aromatic N) is 3. The minimum atomic E-state index is 0.0823. The average molecular weight is 394 g/mol. The maximum Gasteiger partial charge on any atom is 0.246 e. The molecule has 0 aliphatic carbocycles.